The Hall–Kier alpha value is -4.81. The van der Waals surface area contributed by atoms with Gasteiger partial charge in [-0.1, -0.05) is 23.7 Å². The number of hydrogen-bond acceptors (Lipinski definition) is 8. The summed E-state index contributed by atoms with van der Waals surface area (Å²) in [4.78, 5) is 38.9. The molecule has 40 heavy (non-hydrogen) atoms. The van der Waals surface area contributed by atoms with E-state index in [1.54, 1.807) is 53.4 Å². The molecule has 0 fully saturated rings. The molecule has 1 amide bonds. The summed E-state index contributed by atoms with van der Waals surface area (Å²) in [5.74, 6) is -1.03. The van der Waals surface area contributed by atoms with Gasteiger partial charge in [-0.2, -0.15) is 5.10 Å². The zero-order chi connectivity index (χ0) is 28.9. The minimum Gasteiger partial charge on any atom is -0.324 e. The molecule has 0 aliphatic heterocycles. The van der Waals surface area contributed by atoms with Gasteiger partial charge in [0.05, 0.1) is 16.3 Å². The van der Waals surface area contributed by atoms with Gasteiger partial charge in [-0.25, -0.2) is 13.1 Å². The van der Waals surface area contributed by atoms with Gasteiger partial charge >= 0.3 is 0 Å². The molecule has 0 unspecified atom stereocenters. The third-order valence-corrected chi connectivity index (χ3v) is 6.94. The number of aromatic nitrogens is 2. The van der Waals surface area contributed by atoms with E-state index in [0.29, 0.717) is 33.2 Å². The van der Waals surface area contributed by atoms with Crippen molar-refractivity contribution >= 4 is 44.9 Å². The standard InChI is InChI=1S/C27H21ClN4O7S/c1-40(37,38)24-13-11-23(12-14-24)31-16-20(27(30-31)19-2-7-21(28)8-3-19)6-15-25(33)18-4-9-22(10-5-18)29-26(34)17-39-32(35)36/h2-16H,17H2,1H3,(H,29,34)/b15-6+. The normalized spacial score (nSPS) is 11.3. The third-order valence-electron chi connectivity index (χ3n) is 5.56. The highest BCUT2D eigenvalue weighted by atomic mass is 35.5. The van der Waals surface area contributed by atoms with Gasteiger partial charge in [-0.05, 0) is 72.8 Å². The molecule has 0 spiro atoms. The van der Waals surface area contributed by atoms with Crippen LogP contribution in [-0.4, -0.2) is 47.8 Å². The van der Waals surface area contributed by atoms with Crippen LogP contribution in [0.25, 0.3) is 23.0 Å². The van der Waals surface area contributed by atoms with Crippen molar-refractivity contribution in [2.45, 2.75) is 4.90 Å². The van der Waals surface area contributed by atoms with Gasteiger partial charge < -0.3 is 10.2 Å². The lowest BCUT2D eigenvalue weighted by Gasteiger charge is -2.05. The molecule has 1 heterocycles. The maximum atomic E-state index is 12.9. The van der Waals surface area contributed by atoms with Crippen molar-refractivity contribution in [3.8, 4) is 16.9 Å². The second-order valence-corrected chi connectivity index (χ2v) is 10.9. The average Bonchev–Trinajstić information content (AvgIpc) is 3.35. The van der Waals surface area contributed by atoms with Gasteiger partial charge in [0.25, 0.3) is 5.09 Å². The molecule has 3 aromatic carbocycles. The first-order valence-electron chi connectivity index (χ1n) is 11.6. The maximum absolute atomic E-state index is 12.9. The van der Waals surface area contributed by atoms with E-state index in [1.165, 1.54) is 42.5 Å². The van der Waals surface area contributed by atoms with Gasteiger partial charge in [-0.15, -0.1) is 10.1 Å². The summed E-state index contributed by atoms with van der Waals surface area (Å²) in [6, 6.07) is 19.3. The number of nitrogens with zero attached hydrogens (tertiary/aromatic N) is 3. The van der Waals surface area contributed by atoms with Gasteiger partial charge in [0.2, 0.25) is 5.91 Å². The largest absolute Gasteiger partial charge is 0.324 e. The number of amides is 1. The molecule has 0 aliphatic carbocycles. The Balaban J connectivity index is 1.57. The van der Waals surface area contributed by atoms with Crippen molar-refractivity contribution in [1.29, 1.82) is 0 Å². The Kier molecular flexibility index (Phi) is 8.41. The van der Waals surface area contributed by atoms with E-state index in [9.17, 15) is 28.1 Å². The number of hydrogen-bond donors (Lipinski definition) is 1. The second-order valence-electron chi connectivity index (χ2n) is 8.47. The molecule has 0 saturated carbocycles. The number of nitrogens with one attached hydrogen (secondary N) is 1. The molecule has 0 atom stereocenters. The maximum Gasteiger partial charge on any atom is 0.295 e. The summed E-state index contributed by atoms with van der Waals surface area (Å²) in [5, 5.41) is 16.8. The highest BCUT2D eigenvalue weighted by molar-refractivity contribution is 7.90. The molecule has 13 heteroatoms. The topological polar surface area (TPSA) is 150 Å². The molecular weight excluding hydrogens is 560 g/mol. The van der Waals surface area contributed by atoms with E-state index < -0.39 is 27.4 Å². The van der Waals surface area contributed by atoms with Crippen LogP contribution in [0.5, 0.6) is 0 Å². The molecule has 0 bridgehead atoms. The molecule has 1 aromatic heterocycles. The van der Waals surface area contributed by atoms with Crippen LogP contribution in [0.1, 0.15) is 15.9 Å². The number of sulfone groups is 1. The Labute approximate surface area is 233 Å². The first-order valence-corrected chi connectivity index (χ1v) is 13.8. The number of halogens is 1. The third kappa shape index (κ3) is 7.18. The van der Waals surface area contributed by atoms with Crippen LogP contribution in [-0.2, 0) is 19.5 Å². The molecule has 4 rings (SSSR count). The number of anilines is 1. The smallest absolute Gasteiger partial charge is 0.295 e. The summed E-state index contributed by atoms with van der Waals surface area (Å²) in [6.45, 7) is -0.748. The number of carbonyl (C=O) groups excluding carboxylic acids is 2. The molecule has 4 aromatic rings. The molecule has 204 valence electrons. The lowest BCUT2D eigenvalue weighted by atomic mass is 10.1. The van der Waals surface area contributed by atoms with Crippen molar-refractivity contribution in [3.63, 3.8) is 0 Å². The number of rotatable bonds is 10. The van der Waals surface area contributed by atoms with Crippen LogP contribution in [0.15, 0.2) is 90.0 Å². The van der Waals surface area contributed by atoms with Crippen molar-refractivity contribution in [3.05, 3.63) is 111 Å². The highest BCUT2D eigenvalue weighted by Crippen LogP contribution is 2.27. The monoisotopic (exact) mass is 580 g/mol. The van der Waals surface area contributed by atoms with E-state index in [-0.39, 0.29) is 10.7 Å². The fraction of sp³-hybridized carbons (Fsp3) is 0.0741. The predicted octanol–water partition coefficient (Wildman–Crippen LogP) is 4.64. The zero-order valence-corrected chi connectivity index (χ0v) is 22.4. The van der Waals surface area contributed by atoms with Gasteiger partial charge in [0, 0.05) is 39.9 Å². The van der Waals surface area contributed by atoms with E-state index in [1.807, 2.05) is 0 Å². The summed E-state index contributed by atoms with van der Waals surface area (Å²) in [5.41, 5.74) is 3.25. The van der Waals surface area contributed by atoms with E-state index >= 15 is 0 Å². The molecule has 0 saturated heterocycles. The highest BCUT2D eigenvalue weighted by Gasteiger charge is 2.13. The van der Waals surface area contributed by atoms with Crippen LogP contribution in [0, 0.1) is 10.1 Å². The molecule has 0 radical (unpaired) electrons. The molecule has 11 nitrogen and oxygen atoms in total. The fourth-order valence-corrected chi connectivity index (χ4v) is 4.36. The predicted molar refractivity (Wildman–Crippen MR) is 149 cm³/mol. The summed E-state index contributed by atoms with van der Waals surface area (Å²) in [7, 11) is -3.35. The minimum atomic E-state index is -3.35. The van der Waals surface area contributed by atoms with Gasteiger partial charge in [-0.3, -0.25) is 9.59 Å². The molecular formula is C27H21ClN4O7S. The van der Waals surface area contributed by atoms with Crippen molar-refractivity contribution in [2.24, 2.45) is 0 Å². The van der Waals surface area contributed by atoms with Gasteiger partial charge in [0.1, 0.15) is 0 Å². The van der Waals surface area contributed by atoms with Gasteiger partial charge in [0.15, 0.2) is 22.2 Å². The van der Waals surface area contributed by atoms with Crippen LogP contribution < -0.4 is 5.32 Å². The van der Waals surface area contributed by atoms with E-state index in [0.717, 1.165) is 11.8 Å². The summed E-state index contributed by atoms with van der Waals surface area (Å²) < 4.78 is 25.2. The SMILES string of the molecule is CS(=O)(=O)c1ccc(-n2cc(/C=C/C(=O)c3ccc(NC(=O)CO[N+](=O)[O-])cc3)c(-c3ccc(Cl)cc3)n2)cc1. The lowest BCUT2D eigenvalue weighted by Crippen LogP contribution is -2.20. The summed E-state index contributed by atoms with van der Waals surface area (Å²) in [6.07, 6.45) is 5.85. The van der Waals surface area contributed by atoms with Crippen LogP contribution in [0.3, 0.4) is 0 Å². The van der Waals surface area contributed by atoms with Crippen LogP contribution >= 0.6 is 11.6 Å². The van der Waals surface area contributed by atoms with Crippen LogP contribution in [0.4, 0.5) is 5.69 Å². The Morgan fingerprint density at radius 2 is 1.70 bits per heavy atom. The van der Waals surface area contributed by atoms with E-state index in [2.05, 4.69) is 15.3 Å². The minimum absolute atomic E-state index is 0.183. The second kappa shape index (κ2) is 11.9. The Morgan fingerprint density at radius 3 is 2.30 bits per heavy atom. The Bertz CT molecular complexity index is 1700. The number of benzene rings is 3. The first-order chi connectivity index (χ1) is 19.0. The quantitative estimate of drug-likeness (QED) is 0.123. The number of ketones is 1. The lowest BCUT2D eigenvalue weighted by molar-refractivity contribution is -0.754. The van der Waals surface area contributed by atoms with Crippen molar-refractivity contribution in [2.75, 3.05) is 18.2 Å². The Morgan fingerprint density at radius 1 is 1.05 bits per heavy atom. The molecule has 0 aliphatic rings. The first kappa shape index (κ1) is 28.2. The van der Waals surface area contributed by atoms with Crippen molar-refractivity contribution < 1.29 is 27.9 Å². The summed E-state index contributed by atoms with van der Waals surface area (Å²) >= 11 is 6.04. The zero-order valence-electron chi connectivity index (χ0n) is 20.9. The number of carbonyl (C=O) groups is 2. The molecule has 1 N–H and O–H groups in total. The number of allylic oxidation sites excluding steroid dienone is 1. The fourth-order valence-electron chi connectivity index (χ4n) is 3.61. The average molecular weight is 581 g/mol. The van der Waals surface area contributed by atoms with Crippen molar-refractivity contribution in [1.82, 2.24) is 9.78 Å². The van der Waals surface area contributed by atoms with Crippen LogP contribution in [0.2, 0.25) is 5.02 Å². The van der Waals surface area contributed by atoms with E-state index in [4.69, 9.17) is 11.6 Å².